The molecule has 0 bridgehead atoms. The number of carbonyl (C=O) groups is 2. The second-order valence-corrected chi connectivity index (χ2v) is 8.02. The minimum absolute atomic E-state index is 0.279. The van der Waals surface area contributed by atoms with Gasteiger partial charge in [0.2, 0.25) is 0 Å². The van der Waals surface area contributed by atoms with E-state index in [-0.39, 0.29) is 11.8 Å². The molecular weight excluding hydrogens is 404 g/mol. The molecular formula is C25H30N4O3. The maximum Gasteiger partial charge on any atom is 0.278 e. The Balaban J connectivity index is 1.59. The molecule has 32 heavy (non-hydrogen) atoms. The van der Waals surface area contributed by atoms with Gasteiger partial charge in [-0.2, -0.15) is 0 Å². The van der Waals surface area contributed by atoms with E-state index in [0.717, 1.165) is 43.3 Å². The average molecular weight is 435 g/mol. The summed E-state index contributed by atoms with van der Waals surface area (Å²) in [5.74, 6) is 0.151. The first-order valence-electron chi connectivity index (χ1n) is 11.2. The van der Waals surface area contributed by atoms with Crippen LogP contribution in [0.1, 0.15) is 19.4 Å². The molecule has 0 saturated carbocycles. The van der Waals surface area contributed by atoms with Gasteiger partial charge >= 0.3 is 0 Å². The zero-order valence-corrected chi connectivity index (χ0v) is 18.9. The molecule has 0 aliphatic carbocycles. The summed E-state index contributed by atoms with van der Waals surface area (Å²) >= 11 is 0. The van der Waals surface area contributed by atoms with Crippen molar-refractivity contribution in [2.45, 2.75) is 13.8 Å². The zero-order chi connectivity index (χ0) is 22.7. The third-order valence-corrected chi connectivity index (χ3v) is 5.94. The number of imide groups is 1. The van der Waals surface area contributed by atoms with Crippen LogP contribution in [0.3, 0.4) is 0 Å². The molecule has 2 aromatic carbocycles. The zero-order valence-electron chi connectivity index (χ0n) is 18.9. The first-order chi connectivity index (χ1) is 15.5. The highest BCUT2D eigenvalue weighted by atomic mass is 16.5. The van der Waals surface area contributed by atoms with E-state index in [1.54, 1.807) is 6.92 Å². The Kier molecular flexibility index (Phi) is 6.46. The van der Waals surface area contributed by atoms with E-state index in [1.165, 1.54) is 4.90 Å². The first-order valence-corrected chi connectivity index (χ1v) is 11.2. The second kappa shape index (κ2) is 9.44. The molecule has 2 heterocycles. The highest BCUT2D eigenvalue weighted by molar-refractivity contribution is 6.36. The number of amides is 2. The number of nitrogens with zero attached hydrogens (tertiary/aromatic N) is 3. The van der Waals surface area contributed by atoms with Gasteiger partial charge in [-0.15, -0.1) is 0 Å². The lowest BCUT2D eigenvalue weighted by Gasteiger charge is -2.34. The molecule has 0 atom stereocenters. The number of anilines is 2. The van der Waals surface area contributed by atoms with Gasteiger partial charge < -0.3 is 19.9 Å². The van der Waals surface area contributed by atoms with E-state index in [9.17, 15) is 9.59 Å². The van der Waals surface area contributed by atoms with Crippen molar-refractivity contribution in [1.82, 2.24) is 9.80 Å². The Labute approximate surface area is 189 Å². The van der Waals surface area contributed by atoms with Crippen LogP contribution >= 0.6 is 0 Å². The fraction of sp³-hybridized carbons (Fsp3) is 0.360. The highest BCUT2D eigenvalue weighted by Gasteiger charge is 2.38. The topological polar surface area (TPSA) is 65.1 Å². The molecule has 7 nitrogen and oxygen atoms in total. The summed E-state index contributed by atoms with van der Waals surface area (Å²) < 4.78 is 5.50. The highest BCUT2D eigenvalue weighted by Crippen LogP contribution is 2.31. The van der Waals surface area contributed by atoms with E-state index < -0.39 is 0 Å². The molecule has 4 rings (SSSR count). The van der Waals surface area contributed by atoms with Crippen LogP contribution in [0.4, 0.5) is 11.4 Å². The van der Waals surface area contributed by atoms with Crippen molar-refractivity contribution in [3.63, 3.8) is 0 Å². The van der Waals surface area contributed by atoms with Crippen LogP contribution in [-0.4, -0.2) is 68.0 Å². The molecule has 1 fully saturated rings. The van der Waals surface area contributed by atoms with Crippen LogP contribution in [0.2, 0.25) is 0 Å². The molecule has 2 aliphatic heterocycles. The Morgan fingerprint density at radius 2 is 1.53 bits per heavy atom. The monoisotopic (exact) mass is 434 g/mol. The largest absolute Gasteiger partial charge is 0.494 e. The van der Waals surface area contributed by atoms with E-state index >= 15 is 0 Å². The Morgan fingerprint density at radius 3 is 2.12 bits per heavy atom. The SMILES string of the molecule is CCOc1ccc(C2=C(Nc3ccc(N4CCN(C)CC4)cc3)C(=O)N(CC)C2=O)cc1. The summed E-state index contributed by atoms with van der Waals surface area (Å²) in [5, 5.41) is 3.22. The summed E-state index contributed by atoms with van der Waals surface area (Å²) in [6.07, 6.45) is 0. The number of hydrogen-bond donors (Lipinski definition) is 1. The smallest absolute Gasteiger partial charge is 0.278 e. The van der Waals surface area contributed by atoms with E-state index in [4.69, 9.17) is 4.74 Å². The number of hydrogen-bond acceptors (Lipinski definition) is 6. The number of ether oxygens (including phenoxy) is 1. The fourth-order valence-electron chi connectivity index (χ4n) is 4.10. The predicted octanol–water partition coefficient (Wildman–Crippen LogP) is 3.05. The summed E-state index contributed by atoms with van der Waals surface area (Å²) in [4.78, 5) is 32.0. The number of carbonyl (C=O) groups excluding carboxylic acids is 2. The molecule has 168 valence electrons. The molecule has 0 aromatic heterocycles. The van der Waals surface area contributed by atoms with Gasteiger partial charge in [-0.1, -0.05) is 12.1 Å². The fourth-order valence-corrected chi connectivity index (χ4v) is 4.10. The first kappa shape index (κ1) is 21.9. The Hall–Kier alpha value is -3.32. The van der Waals surface area contributed by atoms with Gasteiger partial charge in [0, 0.05) is 44.1 Å². The van der Waals surface area contributed by atoms with Crippen molar-refractivity contribution in [3.05, 3.63) is 59.8 Å². The predicted molar refractivity (Wildman–Crippen MR) is 127 cm³/mol. The van der Waals surface area contributed by atoms with E-state index in [2.05, 4.69) is 34.3 Å². The van der Waals surface area contributed by atoms with Gasteiger partial charge in [0.05, 0.1) is 12.2 Å². The minimum atomic E-state index is -0.301. The van der Waals surface area contributed by atoms with Gasteiger partial charge in [-0.25, -0.2) is 0 Å². The van der Waals surface area contributed by atoms with Crippen LogP contribution in [0.25, 0.3) is 5.57 Å². The molecule has 2 aliphatic rings. The van der Waals surface area contributed by atoms with Crippen LogP contribution < -0.4 is 15.0 Å². The van der Waals surface area contributed by atoms with E-state index in [0.29, 0.717) is 30.0 Å². The quantitative estimate of drug-likeness (QED) is 0.676. The molecule has 2 aromatic rings. The summed E-state index contributed by atoms with van der Waals surface area (Å²) in [7, 11) is 2.14. The standard InChI is InChI=1S/C25H30N4O3/c1-4-29-24(30)22(18-6-12-21(13-7-18)32-5-2)23(25(29)31)26-19-8-10-20(11-9-19)28-16-14-27(3)15-17-28/h6-13,26H,4-5,14-17H2,1-3H3. The lowest BCUT2D eigenvalue weighted by atomic mass is 10.0. The second-order valence-electron chi connectivity index (χ2n) is 8.02. The molecule has 2 amide bonds. The van der Waals surface area contributed by atoms with Crippen LogP contribution in [0.5, 0.6) is 5.75 Å². The number of likely N-dealkylation sites (N-methyl/N-ethyl adjacent to an activating group) is 2. The lowest BCUT2D eigenvalue weighted by molar-refractivity contribution is -0.136. The molecule has 7 heteroatoms. The lowest BCUT2D eigenvalue weighted by Crippen LogP contribution is -2.44. The van der Waals surface area contributed by atoms with Gasteiger partial charge in [0.15, 0.2) is 0 Å². The molecule has 0 radical (unpaired) electrons. The number of rotatable bonds is 7. The van der Waals surface area contributed by atoms with Crippen molar-refractivity contribution in [3.8, 4) is 5.75 Å². The third kappa shape index (κ3) is 4.34. The van der Waals surface area contributed by atoms with Gasteiger partial charge in [0.1, 0.15) is 11.4 Å². The van der Waals surface area contributed by atoms with Crippen molar-refractivity contribution in [1.29, 1.82) is 0 Å². The number of benzene rings is 2. The Morgan fingerprint density at radius 1 is 0.875 bits per heavy atom. The van der Waals surface area contributed by atoms with Crippen molar-refractivity contribution in [2.24, 2.45) is 0 Å². The van der Waals surface area contributed by atoms with Crippen LogP contribution in [-0.2, 0) is 9.59 Å². The molecule has 0 unspecified atom stereocenters. The molecule has 1 saturated heterocycles. The molecule has 1 N–H and O–H groups in total. The summed E-state index contributed by atoms with van der Waals surface area (Å²) in [5.41, 5.74) is 3.34. The summed E-state index contributed by atoms with van der Waals surface area (Å²) in [6.45, 7) is 8.70. The maximum atomic E-state index is 13.0. The van der Waals surface area contributed by atoms with Crippen molar-refractivity contribution in [2.75, 3.05) is 56.6 Å². The van der Waals surface area contributed by atoms with Crippen LogP contribution in [0, 0.1) is 0 Å². The van der Waals surface area contributed by atoms with Crippen molar-refractivity contribution < 1.29 is 14.3 Å². The normalized spacial score (nSPS) is 17.3. The minimum Gasteiger partial charge on any atom is -0.494 e. The summed E-state index contributed by atoms with van der Waals surface area (Å²) in [6, 6.07) is 15.3. The Bertz CT molecular complexity index is 1010. The van der Waals surface area contributed by atoms with E-state index in [1.807, 2.05) is 43.3 Å². The number of nitrogens with one attached hydrogen (secondary N) is 1. The van der Waals surface area contributed by atoms with Gasteiger partial charge in [0.25, 0.3) is 11.8 Å². The van der Waals surface area contributed by atoms with Crippen LogP contribution in [0.15, 0.2) is 54.2 Å². The third-order valence-electron chi connectivity index (χ3n) is 5.94. The molecule has 0 spiro atoms. The van der Waals surface area contributed by atoms with Gasteiger partial charge in [-0.05, 0) is 62.9 Å². The average Bonchev–Trinajstić information content (AvgIpc) is 3.04. The van der Waals surface area contributed by atoms with Crippen molar-refractivity contribution >= 4 is 28.8 Å². The van der Waals surface area contributed by atoms with Gasteiger partial charge in [-0.3, -0.25) is 14.5 Å². The number of piperazine rings is 1. The maximum absolute atomic E-state index is 13.0.